The molecule has 0 spiro atoms. The normalized spacial score (nSPS) is 22.7. The number of carbonyl (C=O) groups is 1. The average molecular weight is 245 g/mol. The molecule has 3 rings (SSSR count). The number of nitrogens with two attached hydrogens (primary N) is 1. The average Bonchev–Trinajstić information content (AvgIpc) is 2.90. The molecular formula is C14H19N3O. The summed E-state index contributed by atoms with van der Waals surface area (Å²) < 4.78 is 0. The third kappa shape index (κ3) is 2.08. The summed E-state index contributed by atoms with van der Waals surface area (Å²) in [5, 5.41) is 0. The molecule has 0 aromatic heterocycles. The Morgan fingerprint density at radius 1 is 1.22 bits per heavy atom. The Morgan fingerprint density at radius 3 is 2.78 bits per heavy atom. The Hall–Kier alpha value is -1.55. The second kappa shape index (κ2) is 4.61. The molecule has 1 atom stereocenters. The van der Waals surface area contributed by atoms with Gasteiger partial charge in [-0.05, 0) is 18.1 Å². The molecule has 18 heavy (non-hydrogen) atoms. The molecule has 0 aliphatic carbocycles. The number of fused-ring (bicyclic) bond motifs is 1. The molecule has 2 aliphatic rings. The predicted molar refractivity (Wildman–Crippen MR) is 71.5 cm³/mol. The summed E-state index contributed by atoms with van der Waals surface area (Å²) in [6, 6.07) is 8.55. The van der Waals surface area contributed by atoms with Gasteiger partial charge in [0.15, 0.2) is 0 Å². The van der Waals surface area contributed by atoms with Crippen LogP contribution in [-0.2, 0) is 11.2 Å². The molecule has 0 saturated carbocycles. The van der Waals surface area contributed by atoms with Crippen LogP contribution in [0.25, 0.3) is 0 Å². The minimum atomic E-state index is 0.0309. The van der Waals surface area contributed by atoms with E-state index in [4.69, 9.17) is 5.73 Å². The Morgan fingerprint density at radius 2 is 2.00 bits per heavy atom. The first-order chi connectivity index (χ1) is 8.74. The SMILES string of the molecule is NC1CC(=O)N(CCN2CCc3ccccc32)C1. The summed E-state index contributed by atoms with van der Waals surface area (Å²) in [4.78, 5) is 15.9. The molecular weight excluding hydrogens is 226 g/mol. The van der Waals surface area contributed by atoms with E-state index in [1.807, 2.05) is 4.90 Å². The molecule has 2 heterocycles. The lowest BCUT2D eigenvalue weighted by Crippen LogP contribution is -2.36. The van der Waals surface area contributed by atoms with Gasteiger partial charge in [0.1, 0.15) is 0 Å². The maximum absolute atomic E-state index is 11.7. The van der Waals surface area contributed by atoms with Gasteiger partial charge in [-0.15, -0.1) is 0 Å². The maximum atomic E-state index is 11.7. The lowest BCUT2D eigenvalue weighted by molar-refractivity contribution is -0.127. The van der Waals surface area contributed by atoms with Gasteiger partial charge in [0.2, 0.25) is 5.91 Å². The van der Waals surface area contributed by atoms with Crippen molar-refractivity contribution in [1.29, 1.82) is 0 Å². The van der Waals surface area contributed by atoms with Crippen LogP contribution in [0.4, 0.5) is 5.69 Å². The van der Waals surface area contributed by atoms with Gasteiger partial charge >= 0.3 is 0 Å². The molecule has 1 saturated heterocycles. The largest absolute Gasteiger partial charge is 0.369 e. The highest BCUT2D eigenvalue weighted by molar-refractivity contribution is 5.79. The number of amides is 1. The number of para-hydroxylation sites is 1. The van der Waals surface area contributed by atoms with Crippen LogP contribution < -0.4 is 10.6 Å². The first kappa shape index (κ1) is 11.5. The monoisotopic (exact) mass is 245 g/mol. The van der Waals surface area contributed by atoms with Crippen LogP contribution in [0.5, 0.6) is 0 Å². The summed E-state index contributed by atoms with van der Waals surface area (Å²) >= 11 is 0. The fourth-order valence-corrected chi connectivity index (χ4v) is 2.90. The molecule has 1 amide bonds. The molecule has 0 bridgehead atoms. The Bertz CT molecular complexity index is 460. The molecule has 96 valence electrons. The van der Waals surface area contributed by atoms with Crippen LogP contribution in [-0.4, -0.2) is 43.0 Å². The topological polar surface area (TPSA) is 49.6 Å². The van der Waals surface area contributed by atoms with Crippen molar-refractivity contribution in [2.24, 2.45) is 5.73 Å². The number of rotatable bonds is 3. The summed E-state index contributed by atoms with van der Waals surface area (Å²) in [5.41, 5.74) is 8.55. The van der Waals surface area contributed by atoms with E-state index in [-0.39, 0.29) is 11.9 Å². The summed E-state index contributed by atoms with van der Waals surface area (Å²) in [5.74, 6) is 0.204. The van der Waals surface area contributed by atoms with Gasteiger partial charge in [-0.1, -0.05) is 18.2 Å². The van der Waals surface area contributed by atoms with Crippen LogP contribution >= 0.6 is 0 Å². The minimum absolute atomic E-state index is 0.0309. The Labute approximate surface area is 107 Å². The van der Waals surface area contributed by atoms with Gasteiger partial charge in [0.25, 0.3) is 0 Å². The molecule has 4 nitrogen and oxygen atoms in total. The summed E-state index contributed by atoms with van der Waals surface area (Å²) in [6.07, 6.45) is 1.63. The second-order valence-corrected chi connectivity index (χ2v) is 5.17. The van der Waals surface area contributed by atoms with Crippen molar-refractivity contribution >= 4 is 11.6 Å². The standard InChI is InChI=1S/C14H19N3O/c15-12-9-14(18)17(10-12)8-7-16-6-5-11-3-1-2-4-13(11)16/h1-4,12H,5-10,15H2. The van der Waals surface area contributed by atoms with E-state index in [0.717, 1.165) is 26.1 Å². The molecule has 1 fully saturated rings. The zero-order valence-corrected chi connectivity index (χ0v) is 10.5. The molecule has 2 N–H and O–H groups in total. The van der Waals surface area contributed by atoms with Crippen molar-refractivity contribution in [3.05, 3.63) is 29.8 Å². The van der Waals surface area contributed by atoms with E-state index < -0.39 is 0 Å². The highest BCUT2D eigenvalue weighted by atomic mass is 16.2. The van der Waals surface area contributed by atoms with Gasteiger partial charge in [0, 0.05) is 44.3 Å². The van der Waals surface area contributed by atoms with Crippen molar-refractivity contribution in [2.75, 3.05) is 31.1 Å². The first-order valence-electron chi connectivity index (χ1n) is 6.60. The molecule has 4 heteroatoms. The fraction of sp³-hybridized carbons (Fsp3) is 0.500. The van der Waals surface area contributed by atoms with Crippen LogP contribution in [0, 0.1) is 0 Å². The highest BCUT2D eigenvalue weighted by Gasteiger charge is 2.27. The lowest BCUT2D eigenvalue weighted by atomic mass is 10.2. The van der Waals surface area contributed by atoms with Gasteiger partial charge < -0.3 is 15.5 Å². The fourth-order valence-electron chi connectivity index (χ4n) is 2.90. The van der Waals surface area contributed by atoms with Gasteiger partial charge in [0.05, 0.1) is 0 Å². The van der Waals surface area contributed by atoms with Crippen molar-refractivity contribution in [3.8, 4) is 0 Å². The van der Waals surface area contributed by atoms with E-state index in [9.17, 15) is 4.79 Å². The molecule has 1 aromatic rings. The highest BCUT2D eigenvalue weighted by Crippen LogP contribution is 2.27. The van der Waals surface area contributed by atoms with Gasteiger partial charge in [-0.3, -0.25) is 4.79 Å². The number of anilines is 1. The van der Waals surface area contributed by atoms with Crippen molar-refractivity contribution in [1.82, 2.24) is 4.90 Å². The molecule has 2 aliphatic heterocycles. The quantitative estimate of drug-likeness (QED) is 0.849. The number of benzene rings is 1. The van der Waals surface area contributed by atoms with E-state index in [1.54, 1.807) is 0 Å². The van der Waals surface area contributed by atoms with Crippen molar-refractivity contribution < 1.29 is 4.79 Å². The summed E-state index contributed by atoms with van der Waals surface area (Å²) in [6.45, 7) is 3.48. The van der Waals surface area contributed by atoms with Crippen molar-refractivity contribution in [3.63, 3.8) is 0 Å². The number of hydrogen-bond donors (Lipinski definition) is 1. The summed E-state index contributed by atoms with van der Waals surface area (Å²) in [7, 11) is 0. The Kier molecular flexibility index (Phi) is 2.96. The van der Waals surface area contributed by atoms with Gasteiger partial charge in [-0.2, -0.15) is 0 Å². The van der Waals surface area contributed by atoms with E-state index >= 15 is 0 Å². The van der Waals surface area contributed by atoms with Crippen LogP contribution in [0.1, 0.15) is 12.0 Å². The number of likely N-dealkylation sites (tertiary alicyclic amines) is 1. The lowest BCUT2D eigenvalue weighted by Gasteiger charge is -2.23. The Balaban J connectivity index is 1.60. The second-order valence-electron chi connectivity index (χ2n) is 5.17. The smallest absolute Gasteiger partial charge is 0.224 e. The third-order valence-corrected chi connectivity index (χ3v) is 3.87. The predicted octanol–water partition coefficient (Wildman–Crippen LogP) is 0.609. The van der Waals surface area contributed by atoms with Gasteiger partial charge in [-0.25, -0.2) is 0 Å². The third-order valence-electron chi connectivity index (χ3n) is 3.87. The zero-order valence-electron chi connectivity index (χ0n) is 10.5. The van der Waals surface area contributed by atoms with E-state index in [2.05, 4.69) is 29.2 Å². The van der Waals surface area contributed by atoms with Crippen LogP contribution in [0.15, 0.2) is 24.3 Å². The molecule has 1 unspecified atom stereocenters. The molecule has 0 radical (unpaired) electrons. The van der Waals surface area contributed by atoms with Crippen molar-refractivity contribution in [2.45, 2.75) is 18.9 Å². The molecule has 1 aromatic carbocycles. The number of hydrogen-bond acceptors (Lipinski definition) is 3. The number of nitrogens with zero attached hydrogens (tertiary/aromatic N) is 2. The van der Waals surface area contributed by atoms with Crippen LogP contribution in [0.2, 0.25) is 0 Å². The minimum Gasteiger partial charge on any atom is -0.369 e. The van der Waals surface area contributed by atoms with Crippen LogP contribution in [0.3, 0.4) is 0 Å². The zero-order chi connectivity index (χ0) is 12.5. The first-order valence-corrected chi connectivity index (χ1v) is 6.60. The van der Waals surface area contributed by atoms with E-state index in [1.165, 1.54) is 11.3 Å². The van der Waals surface area contributed by atoms with E-state index in [0.29, 0.717) is 13.0 Å². The maximum Gasteiger partial charge on any atom is 0.224 e. The number of carbonyl (C=O) groups excluding carboxylic acids is 1.